The largest absolute Gasteiger partial charge is 1.00 e. The molecule has 0 spiro atoms. The van der Waals surface area contributed by atoms with Gasteiger partial charge in [-0.05, 0) is 61.0 Å². The number of nitrogens with zero attached hydrogens (tertiary/aromatic N) is 1. The Bertz CT molecular complexity index is 1230. The number of methoxy groups -OCH3 is 1. The molecule has 2 aromatic carbocycles. The van der Waals surface area contributed by atoms with E-state index in [-0.39, 0.29) is 12.4 Å². The Balaban J connectivity index is 0.00000320. The van der Waals surface area contributed by atoms with E-state index in [2.05, 4.69) is 47.3 Å². The van der Waals surface area contributed by atoms with Gasteiger partial charge in [0.25, 0.3) is 0 Å². The lowest BCUT2D eigenvalue weighted by atomic mass is 9.89. The molecule has 0 saturated heterocycles. The fourth-order valence-corrected chi connectivity index (χ4v) is 5.67. The summed E-state index contributed by atoms with van der Waals surface area (Å²) in [6, 6.07) is 8.74. The number of ether oxygens (including phenoxy) is 3. The highest BCUT2D eigenvalue weighted by Gasteiger charge is 2.32. The van der Waals surface area contributed by atoms with Gasteiger partial charge in [0.1, 0.15) is 5.75 Å². The van der Waals surface area contributed by atoms with Crippen LogP contribution in [0.3, 0.4) is 0 Å². The number of fused-ring (bicyclic) bond motifs is 5. The number of nitrogens with two attached hydrogens (primary N) is 1. The smallest absolute Gasteiger partial charge is 0.231 e. The number of benzene rings is 2. The first kappa shape index (κ1) is 27.3. The molecular weight excluding hydrogens is 486 g/mol. The van der Waals surface area contributed by atoms with Crippen molar-refractivity contribution in [2.75, 3.05) is 32.3 Å². The number of hydrogen-bond acceptors (Lipinski definition) is 5. The molecule has 0 bridgehead atoms. The third-order valence-corrected chi connectivity index (χ3v) is 7.55. The predicted octanol–water partition coefficient (Wildman–Crippen LogP) is 2.76. The van der Waals surface area contributed by atoms with Crippen molar-refractivity contribution < 1.29 is 31.2 Å². The van der Waals surface area contributed by atoms with Crippen molar-refractivity contribution in [1.82, 2.24) is 0 Å². The second-order valence-corrected chi connectivity index (χ2v) is 9.95. The summed E-state index contributed by atoms with van der Waals surface area (Å²) in [5.41, 5.74) is 12.2. The number of anilines is 1. The molecule has 3 heterocycles. The second-order valence-electron chi connectivity index (χ2n) is 9.95. The van der Waals surface area contributed by atoms with Crippen LogP contribution in [0.5, 0.6) is 17.2 Å². The number of nitrogens with one attached hydrogen (secondary N) is 1. The summed E-state index contributed by atoms with van der Waals surface area (Å²) < 4.78 is 19.7. The number of hydrogen-bond donors (Lipinski definition) is 2. The van der Waals surface area contributed by atoms with E-state index in [1.54, 1.807) is 7.11 Å². The quantitative estimate of drug-likeness (QED) is 0.281. The summed E-state index contributed by atoms with van der Waals surface area (Å²) in [7, 11) is 1.75. The van der Waals surface area contributed by atoms with E-state index >= 15 is 0 Å². The van der Waals surface area contributed by atoms with Crippen LogP contribution in [-0.2, 0) is 19.4 Å². The third-order valence-electron chi connectivity index (χ3n) is 7.55. The van der Waals surface area contributed by atoms with Gasteiger partial charge < -0.3 is 37.7 Å². The zero-order chi connectivity index (χ0) is 24.9. The highest BCUT2D eigenvalue weighted by atomic mass is 35.5. The van der Waals surface area contributed by atoms with Crippen molar-refractivity contribution in [3.8, 4) is 28.5 Å². The molecule has 0 aliphatic carbocycles. The average molecular weight is 526 g/mol. The van der Waals surface area contributed by atoms with E-state index in [1.165, 1.54) is 71.7 Å². The minimum Gasteiger partial charge on any atom is -1.00 e. The molecule has 1 aromatic heterocycles. The number of aromatic nitrogens is 1. The van der Waals surface area contributed by atoms with Crippen molar-refractivity contribution in [3.05, 3.63) is 41.6 Å². The van der Waals surface area contributed by atoms with Crippen LogP contribution in [0.25, 0.3) is 22.0 Å². The lowest BCUT2D eigenvalue weighted by Gasteiger charge is -2.21. The number of halogens is 1. The Hall–Kier alpha value is -2.70. The van der Waals surface area contributed by atoms with Crippen LogP contribution in [-0.4, -0.2) is 27.0 Å². The van der Waals surface area contributed by atoms with Crippen LogP contribution in [0.2, 0.25) is 0 Å². The van der Waals surface area contributed by atoms with E-state index in [0.717, 1.165) is 55.3 Å². The van der Waals surface area contributed by atoms with Crippen molar-refractivity contribution in [3.63, 3.8) is 0 Å². The molecule has 0 saturated carbocycles. The fourth-order valence-electron chi connectivity index (χ4n) is 5.67. The zero-order valence-corrected chi connectivity index (χ0v) is 23.0. The minimum absolute atomic E-state index is 0. The van der Waals surface area contributed by atoms with Gasteiger partial charge in [-0.15, -0.1) is 0 Å². The molecule has 2 aliphatic rings. The summed E-state index contributed by atoms with van der Waals surface area (Å²) in [6.07, 6.45) is 13.0. The Morgan fingerprint density at radius 2 is 1.78 bits per heavy atom. The zero-order valence-electron chi connectivity index (χ0n) is 22.2. The summed E-state index contributed by atoms with van der Waals surface area (Å²) in [5, 5.41) is 6.16. The molecule has 3 aromatic rings. The van der Waals surface area contributed by atoms with Crippen LogP contribution < -0.4 is 42.2 Å². The number of aryl methyl sites for hydroxylation is 3. The van der Waals surface area contributed by atoms with Gasteiger partial charge in [0, 0.05) is 18.5 Å². The summed E-state index contributed by atoms with van der Waals surface area (Å²) in [4.78, 5) is 0. The Labute approximate surface area is 226 Å². The molecule has 200 valence electrons. The predicted molar refractivity (Wildman–Crippen MR) is 145 cm³/mol. The minimum atomic E-state index is 0. The van der Waals surface area contributed by atoms with Gasteiger partial charge in [-0.1, -0.05) is 39.0 Å². The van der Waals surface area contributed by atoms with Crippen LogP contribution in [0.15, 0.2) is 30.5 Å². The van der Waals surface area contributed by atoms with Gasteiger partial charge in [-0.2, -0.15) is 4.57 Å². The van der Waals surface area contributed by atoms with Crippen molar-refractivity contribution in [2.24, 2.45) is 5.73 Å². The SMILES string of the molecule is CCCCCCCCc1c2[n+](cc3c(NCCCN)c(OC)ccc13)CCc1cc3c(cc1-2)OCO3.[Cl-]. The Kier molecular flexibility index (Phi) is 9.38. The standard InChI is InChI=1S/C30H39N3O3.ClH/c1-3-4-5-6-7-8-10-23-22-11-12-26(34-2)29(32-15-9-14-31)25(22)19-33-16-13-21-17-27-28(36-20-35-27)18-24(21)30(23)33;/h11-12,17-19H,3-10,13-16,20,31H2,1-2H3;1H. The first-order chi connectivity index (χ1) is 17.7. The molecule has 0 atom stereocenters. The second kappa shape index (κ2) is 12.7. The van der Waals surface area contributed by atoms with Crippen molar-refractivity contribution in [1.29, 1.82) is 0 Å². The summed E-state index contributed by atoms with van der Waals surface area (Å²) >= 11 is 0. The lowest BCUT2D eigenvalue weighted by molar-refractivity contribution is -0.686. The molecular formula is C30H40ClN3O3. The first-order valence-corrected chi connectivity index (χ1v) is 13.7. The molecule has 5 rings (SSSR count). The molecule has 0 radical (unpaired) electrons. The van der Waals surface area contributed by atoms with Crippen molar-refractivity contribution >= 4 is 16.5 Å². The maximum absolute atomic E-state index is 5.78. The van der Waals surface area contributed by atoms with Crippen LogP contribution in [0.4, 0.5) is 5.69 Å². The van der Waals surface area contributed by atoms with Gasteiger partial charge >= 0.3 is 0 Å². The number of pyridine rings is 1. The molecule has 0 fully saturated rings. The van der Waals surface area contributed by atoms with Gasteiger partial charge in [0.15, 0.2) is 24.2 Å². The molecule has 6 nitrogen and oxygen atoms in total. The van der Waals surface area contributed by atoms with E-state index in [1.807, 2.05) is 0 Å². The highest BCUT2D eigenvalue weighted by Crippen LogP contribution is 2.43. The normalized spacial score (nSPS) is 13.2. The summed E-state index contributed by atoms with van der Waals surface area (Å²) in [6.45, 7) is 5.02. The summed E-state index contributed by atoms with van der Waals surface area (Å²) in [5.74, 6) is 2.61. The molecule has 7 heteroatoms. The maximum Gasteiger partial charge on any atom is 0.231 e. The maximum atomic E-state index is 5.78. The average Bonchev–Trinajstić information content (AvgIpc) is 3.36. The van der Waals surface area contributed by atoms with E-state index in [0.29, 0.717) is 13.3 Å². The first-order valence-electron chi connectivity index (χ1n) is 13.7. The highest BCUT2D eigenvalue weighted by molar-refractivity contribution is 6.00. The Morgan fingerprint density at radius 3 is 2.57 bits per heavy atom. The van der Waals surface area contributed by atoms with Crippen LogP contribution >= 0.6 is 0 Å². The fraction of sp³-hybridized carbons (Fsp3) is 0.500. The monoisotopic (exact) mass is 525 g/mol. The molecule has 37 heavy (non-hydrogen) atoms. The van der Waals surface area contributed by atoms with E-state index in [4.69, 9.17) is 19.9 Å². The van der Waals surface area contributed by atoms with Crippen molar-refractivity contribution in [2.45, 2.75) is 71.3 Å². The molecule has 3 N–H and O–H groups in total. The van der Waals surface area contributed by atoms with Gasteiger partial charge in [-0.25, -0.2) is 0 Å². The topological polar surface area (TPSA) is 69.6 Å². The lowest BCUT2D eigenvalue weighted by Crippen LogP contribution is -3.00. The number of unbranched alkanes of at least 4 members (excludes halogenated alkanes) is 5. The van der Waals surface area contributed by atoms with Gasteiger partial charge in [0.2, 0.25) is 12.5 Å². The van der Waals surface area contributed by atoms with Gasteiger partial charge in [-0.3, -0.25) is 0 Å². The molecule has 0 amide bonds. The molecule has 2 aliphatic heterocycles. The van der Waals surface area contributed by atoms with Crippen LogP contribution in [0, 0.1) is 0 Å². The van der Waals surface area contributed by atoms with E-state index < -0.39 is 0 Å². The third kappa shape index (κ3) is 5.60. The van der Waals surface area contributed by atoms with Crippen LogP contribution in [0.1, 0.15) is 63.0 Å². The Morgan fingerprint density at radius 1 is 1.00 bits per heavy atom. The number of rotatable bonds is 12. The van der Waals surface area contributed by atoms with E-state index in [9.17, 15) is 0 Å². The molecule has 0 unspecified atom stereocenters. The van der Waals surface area contributed by atoms with Gasteiger partial charge in [0.05, 0.1) is 23.7 Å².